The summed E-state index contributed by atoms with van der Waals surface area (Å²) < 4.78 is 4.83. The molecule has 1 aliphatic heterocycles. The first-order valence-electron chi connectivity index (χ1n) is 6.61. The van der Waals surface area contributed by atoms with Crippen LogP contribution in [0.4, 0.5) is 10.5 Å². The number of carbonyl (C=O) groups is 2. The summed E-state index contributed by atoms with van der Waals surface area (Å²) in [6, 6.07) is 7.21. The Bertz CT molecular complexity index is 578. The number of amides is 2. The third-order valence-corrected chi connectivity index (χ3v) is 3.02. The molecule has 0 aromatic heterocycles. The van der Waals surface area contributed by atoms with Crippen LogP contribution in [0.1, 0.15) is 18.9 Å². The van der Waals surface area contributed by atoms with E-state index in [1.807, 2.05) is 19.1 Å². The number of nitrogens with one attached hydrogen (secondary N) is 2. The van der Waals surface area contributed by atoms with E-state index in [9.17, 15) is 9.59 Å². The van der Waals surface area contributed by atoms with Gasteiger partial charge >= 0.3 is 6.09 Å². The molecule has 0 radical (unpaired) electrons. The summed E-state index contributed by atoms with van der Waals surface area (Å²) in [6.45, 7) is 5.59. The average Bonchev–Trinajstić information content (AvgIpc) is 2.46. The number of hydrazone groups is 1. The molecule has 1 aromatic rings. The molecule has 0 saturated heterocycles. The molecule has 0 saturated carbocycles. The molecule has 21 heavy (non-hydrogen) atoms. The lowest BCUT2D eigenvalue weighted by Gasteiger charge is -2.19. The van der Waals surface area contributed by atoms with Crippen LogP contribution in [0.25, 0.3) is 0 Å². The van der Waals surface area contributed by atoms with Crippen molar-refractivity contribution in [2.75, 3.05) is 11.9 Å². The van der Waals surface area contributed by atoms with E-state index >= 15 is 0 Å². The number of anilines is 1. The largest absolute Gasteiger partial charge is 0.445 e. The number of rotatable bonds is 4. The second-order valence-corrected chi connectivity index (χ2v) is 4.73. The lowest BCUT2D eigenvalue weighted by molar-refractivity contribution is -0.121. The summed E-state index contributed by atoms with van der Waals surface area (Å²) in [5.41, 5.74) is 4.85. The molecule has 1 aromatic carbocycles. The smallest absolute Gasteiger partial charge is 0.411 e. The number of hydrogen-bond donors (Lipinski definition) is 2. The highest BCUT2D eigenvalue weighted by Crippen LogP contribution is 2.18. The van der Waals surface area contributed by atoms with Crippen molar-refractivity contribution in [1.29, 1.82) is 0 Å². The molecule has 6 nitrogen and oxygen atoms in total. The SMILES string of the molecule is C=CCOC(=O)Nc1ccc(C2=NNC(=O)CC2C)cc1. The fraction of sp³-hybridized carbons (Fsp3) is 0.267. The second kappa shape index (κ2) is 6.69. The van der Waals surface area contributed by atoms with E-state index in [0.717, 1.165) is 11.3 Å². The number of benzene rings is 1. The van der Waals surface area contributed by atoms with Crippen molar-refractivity contribution in [3.8, 4) is 0 Å². The van der Waals surface area contributed by atoms with Crippen molar-refractivity contribution in [3.63, 3.8) is 0 Å². The van der Waals surface area contributed by atoms with Gasteiger partial charge in [-0.1, -0.05) is 31.7 Å². The number of nitrogens with zero attached hydrogens (tertiary/aromatic N) is 1. The molecule has 0 spiro atoms. The van der Waals surface area contributed by atoms with Crippen LogP contribution in [0, 0.1) is 5.92 Å². The van der Waals surface area contributed by atoms with Gasteiger partial charge in [-0.2, -0.15) is 5.10 Å². The summed E-state index contributed by atoms with van der Waals surface area (Å²) in [4.78, 5) is 22.6. The minimum atomic E-state index is -0.529. The Kier molecular flexibility index (Phi) is 4.71. The van der Waals surface area contributed by atoms with Crippen molar-refractivity contribution in [2.24, 2.45) is 11.0 Å². The van der Waals surface area contributed by atoms with Crippen LogP contribution in [-0.4, -0.2) is 24.3 Å². The molecule has 2 amide bonds. The fourth-order valence-corrected chi connectivity index (χ4v) is 2.02. The van der Waals surface area contributed by atoms with E-state index in [2.05, 4.69) is 22.4 Å². The summed E-state index contributed by atoms with van der Waals surface area (Å²) >= 11 is 0. The van der Waals surface area contributed by atoms with E-state index < -0.39 is 6.09 Å². The minimum Gasteiger partial charge on any atom is -0.445 e. The molecule has 0 fully saturated rings. The summed E-state index contributed by atoms with van der Waals surface area (Å²) in [5, 5.41) is 6.69. The predicted molar refractivity (Wildman–Crippen MR) is 80.1 cm³/mol. The van der Waals surface area contributed by atoms with Gasteiger partial charge in [-0.3, -0.25) is 10.1 Å². The molecule has 1 unspecified atom stereocenters. The van der Waals surface area contributed by atoms with Gasteiger partial charge in [0.2, 0.25) is 5.91 Å². The molecule has 1 aliphatic rings. The number of carbonyl (C=O) groups excluding carboxylic acids is 2. The van der Waals surface area contributed by atoms with E-state index in [1.165, 1.54) is 6.08 Å². The first-order chi connectivity index (χ1) is 10.1. The van der Waals surface area contributed by atoms with E-state index in [4.69, 9.17) is 4.74 Å². The zero-order valence-corrected chi connectivity index (χ0v) is 11.8. The van der Waals surface area contributed by atoms with E-state index in [1.54, 1.807) is 12.1 Å². The van der Waals surface area contributed by atoms with Crippen LogP contribution in [0.5, 0.6) is 0 Å². The number of ether oxygens (including phenoxy) is 1. The van der Waals surface area contributed by atoms with Crippen LogP contribution in [0.3, 0.4) is 0 Å². The summed E-state index contributed by atoms with van der Waals surface area (Å²) in [5.74, 6) is -0.00961. The lowest BCUT2D eigenvalue weighted by atomic mass is 9.94. The van der Waals surface area contributed by atoms with Crippen LogP contribution < -0.4 is 10.7 Å². The van der Waals surface area contributed by atoms with Gasteiger partial charge in [0.1, 0.15) is 6.61 Å². The van der Waals surface area contributed by atoms with Crippen molar-refractivity contribution >= 4 is 23.4 Å². The maximum Gasteiger partial charge on any atom is 0.411 e. The highest BCUT2D eigenvalue weighted by Gasteiger charge is 2.21. The summed E-state index contributed by atoms with van der Waals surface area (Å²) in [7, 11) is 0. The van der Waals surface area contributed by atoms with Gasteiger partial charge < -0.3 is 4.74 Å². The molecular formula is C15H17N3O3. The number of hydrogen-bond acceptors (Lipinski definition) is 4. The first-order valence-corrected chi connectivity index (χ1v) is 6.61. The van der Waals surface area contributed by atoms with E-state index in [-0.39, 0.29) is 18.4 Å². The van der Waals surface area contributed by atoms with Gasteiger partial charge in [0.05, 0.1) is 5.71 Å². The van der Waals surface area contributed by atoms with Gasteiger partial charge in [-0.25, -0.2) is 10.2 Å². The monoisotopic (exact) mass is 287 g/mol. The van der Waals surface area contributed by atoms with Crippen molar-refractivity contribution in [3.05, 3.63) is 42.5 Å². The molecular weight excluding hydrogens is 270 g/mol. The fourth-order valence-electron chi connectivity index (χ4n) is 2.02. The molecule has 2 N–H and O–H groups in total. The van der Waals surface area contributed by atoms with Gasteiger partial charge in [0, 0.05) is 18.0 Å². The van der Waals surface area contributed by atoms with Crippen LogP contribution in [-0.2, 0) is 9.53 Å². The summed E-state index contributed by atoms with van der Waals surface area (Å²) in [6.07, 6.45) is 1.39. The molecule has 1 atom stereocenters. The zero-order valence-electron chi connectivity index (χ0n) is 11.8. The van der Waals surface area contributed by atoms with Gasteiger partial charge in [0.15, 0.2) is 0 Å². The van der Waals surface area contributed by atoms with Crippen LogP contribution >= 0.6 is 0 Å². The molecule has 110 valence electrons. The van der Waals surface area contributed by atoms with Crippen molar-refractivity contribution in [1.82, 2.24) is 5.43 Å². The topological polar surface area (TPSA) is 79.8 Å². The molecule has 0 bridgehead atoms. The third-order valence-electron chi connectivity index (χ3n) is 3.02. The average molecular weight is 287 g/mol. The standard InChI is InChI=1S/C15H17N3O3/c1-3-8-21-15(20)16-12-6-4-11(5-7-12)14-10(2)9-13(19)17-18-14/h3-7,10H,1,8-9H2,2H3,(H,16,20)(H,17,19). The van der Waals surface area contributed by atoms with Gasteiger partial charge in [-0.15, -0.1) is 0 Å². The lowest BCUT2D eigenvalue weighted by Crippen LogP contribution is -2.31. The van der Waals surface area contributed by atoms with Gasteiger partial charge in [-0.05, 0) is 17.7 Å². The molecule has 2 rings (SSSR count). The Morgan fingerprint density at radius 2 is 2.24 bits per heavy atom. The minimum absolute atomic E-state index is 0.0649. The maximum atomic E-state index is 11.4. The highest BCUT2D eigenvalue weighted by molar-refractivity contribution is 6.06. The third kappa shape index (κ3) is 3.92. The Balaban J connectivity index is 2.03. The Morgan fingerprint density at radius 3 is 2.86 bits per heavy atom. The van der Waals surface area contributed by atoms with Crippen molar-refractivity contribution in [2.45, 2.75) is 13.3 Å². The Labute approximate surface area is 122 Å². The Hall–Kier alpha value is -2.63. The van der Waals surface area contributed by atoms with Gasteiger partial charge in [0.25, 0.3) is 0 Å². The van der Waals surface area contributed by atoms with Crippen LogP contribution in [0.15, 0.2) is 42.0 Å². The quantitative estimate of drug-likeness (QED) is 0.834. The first kappa shape index (κ1) is 14.8. The predicted octanol–water partition coefficient (Wildman–Crippen LogP) is 2.28. The Morgan fingerprint density at radius 1 is 1.52 bits per heavy atom. The normalized spacial score (nSPS) is 17.5. The van der Waals surface area contributed by atoms with Crippen molar-refractivity contribution < 1.29 is 14.3 Å². The van der Waals surface area contributed by atoms with E-state index in [0.29, 0.717) is 12.1 Å². The van der Waals surface area contributed by atoms with Crippen LogP contribution in [0.2, 0.25) is 0 Å². The second-order valence-electron chi connectivity index (χ2n) is 4.73. The molecule has 6 heteroatoms. The highest BCUT2D eigenvalue weighted by atomic mass is 16.5. The molecule has 0 aliphatic carbocycles. The molecule has 1 heterocycles. The zero-order chi connectivity index (χ0) is 15.2. The maximum absolute atomic E-state index is 11.4.